The molecule has 0 saturated heterocycles. The maximum atomic E-state index is 6.15. The first-order chi connectivity index (χ1) is 14.1. The minimum Gasteiger partial charge on any atom is -0.493 e. The molecule has 4 aromatic rings. The molecule has 4 rings (SSSR count). The highest BCUT2D eigenvalue weighted by Crippen LogP contribution is 2.36. The monoisotopic (exact) mass is 387 g/mol. The van der Waals surface area contributed by atoms with Gasteiger partial charge in [0.15, 0.2) is 5.76 Å². The third-order valence-corrected chi connectivity index (χ3v) is 4.94. The highest BCUT2D eigenvalue weighted by molar-refractivity contribution is 5.95. The summed E-state index contributed by atoms with van der Waals surface area (Å²) in [6, 6.07) is 18.3. The summed E-state index contributed by atoms with van der Waals surface area (Å²) in [5.74, 6) is 1.82. The molecule has 2 unspecified atom stereocenters. The van der Waals surface area contributed by atoms with Crippen molar-refractivity contribution in [2.75, 3.05) is 6.61 Å². The summed E-state index contributed by atoms with van der Waals surface area (Å²) in [5.41, 5.74) is 9.96. The van der Waals surface area contributed by atoms with Crippen LogP contribution in [0, 0.1) is 5.92 Å². The Labute approximate surface area is 170 Å². The van der Waals surface area contributed by atoms with Crippen molar-refractivity contribution in [2.45, 2.75) is 26.3 Å². The Morgan fingerprint density at radius 1 is 1.00 bits per heavy atom. The second-order valence-corrected chi connectivity index (χ2v) is 7.59. The van der Waals surface area contributed by atoms with Crippen LogP contribution in [0.4, 0.5) is 0 Å². The van der Waals surface area contributed by atoms with Crippen molar-refractivity contribution in [3.05, 3.63) is 67.0 Å². The molecule has 2 atom stereocenters. The summed E-state index contributed by atoms with van der Waals surface area (Å²) in [5, 5.41) is 4.98. The quantitative estimate of drug-likeness (QED) is 0.465. The standard InChI is InChI=1S/C24H25N3O2/c1-16(13-17(2)25)15-28-23-8-7-18(14-21(23)24-10-12-27-29-24)19-9-11-26-22-6-4-3-5-20(19)22/h3-12,14,16-17H,13,15,25H2,1-2H3. The van der Waals surface area contributed by atoms with Gasteiger partial charge < -0.3 is 15.0 Å². The summed E-state index contributed by atoms with van der Waals surface area (Å²) < 4.78 is 11.6. The zero-order valence-corrected chi connectivity index (χ0v) is 16.7. The van der Waals surface area contributed by atoms with Crippen LogP contribution in [0.3, 0.4) is 0 Å². The molecule has 0 radical (unpaired) electrons. The number of pyridine rings is 1. The first-order valence-corrected chi connectivity index (χ1v) is 9.89. The lowest BCUT2D eigenvalue weighted by Crippen LogP contribution is -2.21. The minimum atomic E-state index is 0.157. The lowest BCUT2D eigenvalue weighted by atomic mass is 9.98. The number of aromatic nitrogens is 2. The van der Waals surface area contributed by atoms with Crippen LogP contribution < -0.4 is 10.5 Å². The predicted octanol–water partition coefficient (Wildman–Crippen LogP) is 5.31. The van der Waals surface area contributed by atoms with Crippen LogP contribution in [0.25, 0.3) is 33.4 Å². The van der Waals surface area contributed by atoms with E-state index >= 15 is 0 Å². The lowest BCUT2D eigenvalue weighted by Gasteiger charge is -2.17. The van der Waals surface area contributed by atoms with Gasteiger partial charge in [0.05, 0.1) is 23.9 Å². The first kappa shape index (κ1) is 19.2. The van der Waals surface area contributed by atoms with Crippen LogP contribution in [0.2, 0.25) is 0 Å². The van der Waals surface area contributed by atoms with E-state index in [0.717, 1.165) is 39.8 Å². The Bertz CT molecular complexity index is 1090. The van der Waals surface area contributed by atoms with E-state index in [1.807, 2.05) is 49.5 Å². The van der Waals surface area contributed by atoms with Crippen LogP contribution >= 0.6 is 0 Å². The van der Waals surface area contributed by atoms with Gasteiger partial charge in [0, 0.05) is 23.7 Å². The van der Waals surface area contributed by atoms with Crippen molar-refractivity contribution < 1.29 is 9.26 Å². The number of nitrogens with two attached hydrogens (primary N) is 1. The summed E-state index contributed by atoms with van der Waals surface area (Å²) in [6.07, 6.45) is 4.40. The molecule has 0 amide bonds. The molecule has 0 spiro atoms. The van der Waals surface area contributed by atoms with Gasteiger partial charge >= 0.3 is 0 Å². The van der Waals surface area contributed by atoms with Crippen molar-refractivity contribution >= 4 is 10.9 Å². The Morgan fingerprint density at radius 3 is 2.66 bits per heavy atom. The summed E-state index contributed by atoms with van der Waals surface area (Å²) in [7, 11) is 0. The van der Waals surface area contributed by atoms with E-state index in [1.165, 1.54) is 0 Å². The van der Waals surface area contributed by atoms with E-state index in [-0.39, 0.29) is 6.04 Å². The fourth-order valence-corrected chi connectivity index (χ4v) is 3.65. The van der Waals surface area contributed by atoms with Gasteiger partial charge in [-0.2, -0.15) is 0 Å². The highest BCUT2D eigenvalue weighted by atomic mass is 16.5. The van der Waals surface area contributed by atoms with E-state index in [4.69, 9.17) is 15.0 Å². The predicted molar refractivity (Wildman–Crippen MR) is 116 cm³/mol. The fourth-order valence-electron chi connectivity index (χ4n) is 3.65. The molecule has 0 bridgehead atoms. The number of hydrogen-bond acceptors (Lipinski definition) is 5. The Morgan fingerprint density at radius 2 is 1.86 bits per heavy atom. The van der Waals surface area contributed by atoms with Crippen molar-refractivity contribution in [2.24, 2.45) is 11.7 Å². The van der Waals surface area contributed by atoms with Gasteiger partial charge in [-0.3, -0.25) is 4.98 Å². The summed E-state index contributed by atoms with van der Waals surface area (Å²) in [6.45, 7) is 4.76. The van der Waals surface area contributed by atoms with Gasteiger partial charge in [-0.1, -0.05) is 36.3 Å². The summed E-state index contributed by atoms with van der Waals surface area (Å²) in [4.78, 5) is 4.47. The topological polar surface area (TPSA) is 74.2 Å². The fraction of sp³-hybridized carbons (Fsp3) is 0.250. The molecule has 0 saturated carbocycles. The van der Waals surface area contributed by atoms with Gasteiger partial charge in [-0.25, -0.2) is 0 Å². The van der Waals surface area contributed by atoms with Crippen LogP contribution in [-0.4, -0.2) is 22.8 Å². The van der Waals surface area contributed by atoms with Gasteiger partial charge in [0.2, 0.25) is 0 Å². The third-order valence-electron chi connectivity index (χ3n) is 4.94. The van der Waals surface area contributed by atoms with Crippen LogP contribution in [0.5, 0.6) is 5.75 Å². The number of para-hydroxylation sites is 1. The largest absolute Gasteiger partial charge is 0.493 e. The molecule has 148 valence electrons. The van der Waals surface area contributed by atoms with Crippen molar-refractivity contribution in [3.8, 4) is 28.2 Å². The maximum absolute atomic E-state index is 6.15. The van der Waals surface area contributed by atoms with Gasteiger partial charge in [-0.15, -0.1) is 0 Å². The third kappa shape index (κ3) is 4.30. The van der Waals surface area contributed by atoms with E-state index in [1.54, 1.807) is 6.20 Å². The summed E-state index contributed by atoms with van der Waals surface area (Å²) >= 11 is 0. The molecule has 0 fully saturated rings. The second kappa shape index (κ2) is 8.45. The molecule has 0 aliphatic carbocycles. The molecule has 0 aliphatic rings. The number of rotatable bonds is 7. The number of fused-ring (bicyclic) bond motifs is 1. The van der Waals surface area contributed by atoms with E-state index in [0.29, 0.717) is 18.3 Å². The Balaban J connectivity index is 1.71. The zero-order chi connectivity index (χ0) is 20.2. The van der Waals surface area contributed by atoms with Gasteiger partial charge in [0.1, 0.15) is 5.75 Å². The highest BCUT2D eigenvalue weighted by Gasteiger charge is 2.15. The molecule has 29 heavy (non-hydrogen) atoms. The van der Waals surface area contributed by atoms with Crippen molar-refractivity contribution in [3.63, 3.8) is 0 Å². The molecule has 5 heteroatoms. The Hall–Kier alpha value is -3.18. The van der Waals surface area contributed by atoms with Crippen LogP contribution in [0.15, 0.2) is 71.5 Å². The van der Waals surface area contributed by atoms with Crippen LogP contribution in [0.1, 0.15) is 20.3 Å². The van der Waals surface area contributed by atoms with Gasteiger partial charge in [-0.05, 0) is 54.7 Å². The zero-order valence-electron chi connectivity index (χ0n) is 16.7. The molecule has 5 nitrogen and oxygen atoms in total. The SMILES string of the molecule is CC(N)CC(C)COc1ccc(-c2ccnc3ccccc23)cc1-c1ccno1. The smallest absolute Gasteiger partial charge is 0.170 e. The van der Waals surface area contributed by atoms with E-state index < -0.39 is 0 Å². The minimum absolute atomic E-state index is 0.157. The Kier molecular flexibility index (Phi) is 5.58. The number of ether oxygens (including phenoxy) is 1. The average molecular weight is 387 g/mol. The van der Waals surface area contributed by atoms with Crippen molar-refractivity contribution in [1.29, 1.82) is 0 Å². The molecular formula is C24H25N3O2. The van der Waals surface area contributed by atoms with E-state index in [9.17, 15) is 0 Å². The second-order valence-electron chi connectivity index (χ2n) is 7.59. The van der Waals surface area contributed by atoms with E-state index in [2.05, 4.69) is 35.3 Å². The number of nitrogens with zero attached hydrogens (tertiary/aromatic N) is 2. The molecule has 2 heterocycles. The maximum Gasteiger partial charge on any atom is 0.170 e. The molecule has 2 aromatic heterocycles. The van der Waals surface area contributed by atoms with Crippen molar-refractivity contribution in [1.82, 2.24) is 10.1 Å². The molecule has 2 N–H and O–H groups in total. The molecule has 0 aliphatic heterocycles. The lowest BCUT2D eigenvalue weighted by molar-refractivity contribution is 0.246. The molecular weight excluding hydrogens is 362 g/mol. The average Bonchev–Trinajstić information content (AvgIpc) is 3.26. The normalized spacial score (nSPS) is 13.3. The first-order valence-electron chi connectivity index (χ1n) is 9.89. The van der Waals surface area contributed by atoms with Crippen LogP contribution in [-0.2, 0) is 0 Å². The number of hydrogen-bond donors (Lipinski definition) is 1. The number of benzene rings is 2. The molecule has 2 aromatic carbocycles. The van der Waals surface area contributed by atoms with Gasteiger partial charge in [0.25, 0.3) is 0 Å².